The van der Waals surface area contributed by atoms with Crippen LogP contribution in [0.5, 0.6) is 0 Å². The molecule has 2 amide bonds. The first-order valence-corrected chi connectivity index (χ1v) is 8.26. The van der Waals surface area contributed by atoms with Gasteiger partial charge in [-0.3, -0.25) is 9.59 Å². The molecule has 1 N–H and O–H groups in total. The molecular weight excluding hydrogens is 328 g/mol. The van der Waals surface area contributed by atoms with Crippen molar-refractivity contribution in [3.63, 3.8) is 0 Å². The lowest BCUT2D eigenvalue weighted by Crippen LogP contribution is -2.31. The van der Waals surface area contributed by atoms with Crippen molar-refractivity contribution < 1.29 is 9.59 Å². The fraction of sp³-hybridized carbons (Fsp3) is 0.250. The summed E-state index contributed by atoms with van der Waals surface area (Å²) < 4.78 is 0. The number of nitrogens with one attached hydrogen (secondary N) is 1. The highest BCUT2D eigenvalue weighted by atomic mass is 16.2. The molecule has 0 saturated heterocycles. The van der Waals surface area contributed by atoms with Gasteiger partial charge in [-0.2, -0.15) is 5.26 Å². The van der Waals surface area contributed by atoms with Crippen molar-refractivity contribution in [3.8, 4) is 6.07 Å². The molecule has 0 spiro atoms. The van der Waals surface area contributed by atoms with E-state index in [0.717, 1.165) is 5.69 Å². The monoisotopic (exact) mass is 350 g/mol. The SMILES string of the molecule is CC(=O)N(CCC(=O)Nc1ccc(N(C)C)cc1)c1ccc(C#N)cc1. The van der Waals surface area contributed by atoms with Gasteiger partial charge in [0.25, 0.3) is 0 Å². The van der Waals surface area contributed by atoms with Gasteiger partial charge in [0.2, 0.25) is 11.8 Å². The predicted molar refractivity (Wildman–Crippen MR) is 103 cm³/mol. The molecule has 0 aliphatic carbocycles. The van der Waals surface area contributed by atoms with E-state index in [1.807, 2.05) is 49.3 Å². The quantitative estimate of drug-likeness (QED) is 0.869. The lowest BCUT2D eigenvalue weighted by Gasteiger charge is -2.21. The third-order valence-corrected chi connectivity index (χ3v) is 3.92. The Morgan fingerprint density at radius 2 is 1.58 bits per heavy atom. The van der Waals surface area contributed by atoms with Gasteiger partial charge in [0.05, 0.1) is 11.6 Å². The Hall–Kier alpha value is -3.33. The lowest BCUT2D eigenvalue weighted by atomic mass is 10.2. The van der Waals surface area contributed by atoms with Gasteiger partial charge in [-0.1, -0.05) is 0 Å². The van der Waals surface area contributed by atoms with Crippen molar-refractivity contribution in [2.24, 2.45) is 0 Å². The summed E-state index contributed by atoms with van der Waals surface area (Å²) >= 11 is 0. The Bertz CT molecular complexity index is 805. The number of rotatable bonds is 6. The highest BCUT2D eigenvalue weighted by molar-refractivity contribution is 5.94. The van der Waals surface area contributed by atoms with Crippen molar-refractivity contribution in [1.82, 2.24) is 0 Å². The molecule has 26 heavy (non-hydrogen) atoms. The second kappa shape index (κ2) is 8.67. The third kappa shape index (κ3) is 5.08. The van der Waals surface area contributed by atoms with E-state index in [2.05, 4.69) is 5.32 Å². The average molecular weight is 350 g/mol. The normalized spacial score (nSPS) is 9.92. The first-order chi connectivity index (χ1) is 12.4. The molecule has 0 unspecified atom stereocenters. The van der Waals surface area contributed by atoms with Gasteiger partial charge in [0, 0.05) is 51.0 Å². The van der Waals surface area contributed by atoms with Crippen LogP contribution in [0.2, 0.25) is 0 Å². The summed E-state index contributed by atoms with van der Waals surface area (Å²) in [5.74, 6) is -0.319. The second-order valence-electron chi connectivity index (χ2n) is 6.07. The number of nitrogens with zero attached hydrogens (tertiary/aromatic N) is 3. The Balaban J connectivity index is 1.96. The number of nitriles is 1. The van der Waals surface area contributed by atoms with Crippen LogP contribution in [-0.2, 0) is 9.59 Å². The zero-order valence-corrected chi connectivity index (χ0v) is 15.2. The molecule has 0 aliphatic rings. The van der Waals surface area contributed by atoms with E-state index in [1.165, 1.54) is 11.8 Å². The predicted octanol–water partition coefficient (Wildman–Crippen LogP) is 3.01. The standard InChI is InChI=1S/C20H22N4O2/c1-15(25)24(19-8-4-16(14-21)5-9-19)13-12-20(26)22-17-6-10-18(11-7-17)23(2)3/h4-11H,12-13H2,1-3H3,(H,22,26). The van der Waals surface area contributed by atoms with Crippen molar-refractivity contribution in [3.05, 3.63) is 54.1 Å². The van der Waals surface area contributed by atoms with Crippen molar-refractivity contribution in [1.29, 1.82) is 5.26 Å². The molecule has 0 fully saturated rings. The van der Waals surface area contributed by atoms with Gasteiger partial charge >= 0.3 is 0 Å². The maximum Gasteiger partial charge on any atom is 0.226 e. The molecule has 2 aromatic rings. The maximum atomic E-state index is 12.2. The lowest BCUT2D eigenvalue weighted by molar-refractivity contribution is -0.117. The van der Waals surface area contributed by atoms with Crippen LogP contribution in [0.1, 0.15) is 18.9 Å². The fourth-order valence-electron chi connectivity index (χ4n) is 2.46. The number of anilines is 3. The van der Waals surface area contributed by atoms with Crippen molar-refractivity contribution in [2.45, 2.75) is 13.3 Å². The number of hydrogen-bond donors (Lipinski definition) is 1. The Labute approximate surface area is 153 Å². The topological polar surface area (TPSA) is 76.4 Å². The van der Waals surface area contributed by atoms with Crippen molar-refractivity contribution in [2.75, 3.05) is 35.8 Å². The van der Waals surface area contributed by atoms with E-state index in [-0.39, 0.29) is 24.8 Å². The summed E-state index contributed by atoms with van der Waals surface area (Å²) in [5, 5.41) is 11.7. The molecule has 0 radical (unpaired) electrons. The van der Waals surface area contributed by atoms with Gasteiger partial charge in [-0.05, 0) is 48.5 Å². The number of carbonyl (C=O) groups is 2. The zero-order chi connectivity index (χ0) is 19.1. The van der Waals surface area contributed by atoms with E-state index >= 15 is 0 Å². The molecule has 0 atom stereocenters. The number of carbonyl (C=O) groups excluding carboxylic acids is 2. The summed E-state index contributed by atoms with van der Waals surface area (Å²) in [6.45, 7) is 1.72. The highest BCUT2D eigenvalue weighted by Crippen LogP contribution is 2.17. The van der Waals surface area contributed by atoms with Gasteiger partial charge in [0.15, 0.2) is 0 Å². The minimum Gasteiger partial charge on any atom is -0.378 e. The molecule has 0 saturated carbocycles. The fourth-order valence-corrected chi connectivity index (χ4v) is 2.46. The number of hydrogen-bond acceptors (Lipinski definition) is 4. The molecule has 2 aromatic carbocycles. The Kier molecular flexibility index (Phi) is 6.34. The second-order valence-corrected chi connectivity index (χ2v) is 6.07. The highest BCUT2D eigenvalue weighted by Gasteiger charge is 2.13. The molecule has 0 aliphatic heterocycles. The van der Waals surface area contributed by atoms with Crippen LogP contribution in [0.15, 0.2) is 48.5 Å². The van der Waals surface area contributed by atoms with E-state index in [0.29, 0.717) is 16.9 Å². The molecule has 134 valence electrons. The molecule has 6 heteroatoms. The molecular formula is C20H22N4O2. The van der Waals surface area contributed by atoms with E-state index in [4.69, 9.17) is 5.26 Å². The first-order valence-electron chi connectivity index (χ1n) is 8.26. The van der Waals surface area contributed by atoms with E-state index in [1.54, 1.807) is 24.3 Å². The van der Waals surface area contributed by atoms with Crippen LogP contribution in [-0.4, -0.2) is 32.5 Å². The first kappa shape index (κ1) is 19.0. The van der Waals surface area contributed by atoms with Gasteiger partial charge in [0.1, 0.15) is 0 Å². The van der Waals surface area contributed by atoms with Gasteiger partial charge in [-0.15, -0.1) is 0 Å². The number of amides is 2. The van der Waals surface area contributed by atoms with Crippen LogP contribution in [0.25, 0.3) is 0 Å². The maximum absolute atomic E-state index is 12.2. The molecule has 2 rings (SSSR count). The van der Waals surface area contributed by atoms with Crippen LogP contribution in [0.4, 0.5) is 17.1 Å². The van der Waals surface area contributed by atoms with Crippen molar-refractivity contribution >= 4 is 28.9 Å². The summed E-state index contributed by atoms with van der Waals surface area (Å²) in [4.78, 5) is 27.6. The summed E-state index contributed by atoms with van der Waals surface area (Å²) in [6.07, 6.45) is 0.176. The molecule has 0 bridgehead atoms. The van der Waals surface area contributed by atoms with Crippen LogP contribution < -0.4 is 15.1 Å². The van der Waals surface area contributed by atoms with Crippen LogP contribution in [0.3, 0.4) is 0 Å². The smallest absolute Gasteiger partial charge is 0.226 e. The third-order valence-electron chi connectivity index (χ3n) is 3.92. The zero-order valence-electron chi connectivity index (χ0n) is 15.2. The minimum absolute atomic E-state index is 0.155. The average Bonchev–Trinajstić information content (AvgIpc) is 2.62. The largest absolute Gasteiger partial charge is 0.378 e. The summed E-state index contributed by atoms with van der Waals surface area (Å²) in [6, 6.07) is 16.3. The Morgan fingerprint density at radius 3 is 2.08 bits per heavy atom. The number of benzene rings is 2. The van der Waals surface area contributed by atoms with Crippen LogP contribution >= 0.6 is 0 Å². The molecule has 0 aromatic heterocycles. The summed E-state index contributed by atoms with van der Waals surface area (Å²) in [7, 11) is 3.90. The van der Waals surface area contributed by atoms with E-state index in [9.17, 15) is 9.59 Å². The van der Waals surface area contributed by atoms with E-state index < -0.39 is 0 Å². The minimum atomic E-state index is -0.164. The Morgan fingerprint density at radius 1 is 1.00 bits per heavy atom. The van der Waals surface area contributed by atoms with Gasteiger partial charge in [-0.25, -0.2) is 0 Å². The van der Waals surface area contributed by atoms with Crippen LogP contribution in [0, 0.1) is 11.3 Å². The summed E-state index contributed by atoms with van der Waals surface area (Å²) in [5.41, 5.74) is 2.95. The molecule has 6 nitrogen and oxygen atoms in total. The molecule has 0 heterocycles. The van der Waals surface area contributed by atoms with Gasteiger partial charge < -0.3 is 15.1 Å².